The third-order valence-electron chi connectivity index (χ3n) is 3.11. The number of nitrogens with one attached hydrogen (secondary N) is 1. The molecule has 0 bridgehead atoms. The van der Waals surface area contributed by atoms with Gasteiger partial charge in [-0.1, -0.05) is 19.1 Å². The summed E-state index contributed by atoms with van der Waals surface area (Å²) in [5, 5.41) is 12.8. The molecule has 0 saturated heterocycles. The highest BCUT2D eigenvalue weighted by atomic mass is 19.1. The van der Waals surface area contributed by atoms with E-state index in [-0.39, 0.29) is 17.6 Å². The molecule has 0 aliphatic rings. The van der Waals surface area contributed by atoms with Crippen molar-refractivity contribution < 1.29 is 9.50 Å². The van der Waals surface area contributed by atoms with Gasteiger partial charge in [0, 0.05) is 6.20 Å². The SMILES string of the molecule is CCCNC(Cc1cccc(O)c1)c1ncccc1F. The number of hydrogen-bond donors (Lipinski definition) is 2. The standard InChI is InChI=1S/C16H19FN2O/c1-2-8-18-15(16-14(17)7-4-9-19-16)11-12-5-3-6-13(20)10-12/h3-7,9-10,15,18,20H,2,8,11H2,1H3. The van der Waals surface area contributed by atoms with Crippen LogP contribution in [0.5, 0.6) is 5.75 Å². The quantitative estimate of drug-likeness (QED) is 0.850. The number of nitrogens with zero attached hydrogens (tertiary/aromatic N) is 1. The molecule has 2 rings (SSSR count). The zero-order chi connectivity index (χ0) is 14.4. The molecule has 2 N–H and O–H groups in total. The second-order valence-corrected chi connectivity index (χ2v) is 4.75. The predicted octanol–water partition coefficient (Wildman–Crippen LogP) is 3.21. The molecule has 1 heterocycles. The van der Waals surface area contributed by atoms with Crippen molar-refractivity contribution in [2.45, 2.75) is 25.8 Å². The third kappa shape index (κ3) is 3.78. The normalized spacial score (nSPS) is 12.3. The molecule has 3 nitrogen and oxygen atoms in total. The maximum Gasteiger partial charge on any atom is 0.146 e. The van der Waals surface area contributed by atoms with Gasteiger partial charge in [0.25, 0.3) is 0 Å². The van der Waals surface area contributed by atoms with E-state index >= 15 is 0 Å². The van der Waals surface area contributed by atoms with E-state index < -0.39 is 0 Å². The highest BCUT2D eigenvalue weighted by molar-refractivity contribution is 5.28. The van der Waals surface area contributed by atoms with E-state index in [0.29, 0.717) is 12.1 Å². The number of aromatic hydroxyl groups is 1. The van der Waals surface area contributed by atoms with E-state index in [1.54, 1.807) is 30.5 Å². The van der Waals surface area contributed by atoms with Gasteiger partial charge in [-0.25, -0.2) is 4.39 Å². The lowest BCUT2D eigenvalue weighted by Crippen LogP contribution is -2.26. The number of benzene rings is 1. The van der Waals surface area contributed by atoms with E-state index in [9.17, 15) is 9.50 Å². The summed E-state index contributed by atoms with van der Waals surface area (Å²) in [7, 11) is 0. The minimum absolute atomic E-state index is 0.196. The van der Waals surface area contributed by atoms with Gasteiger partial charge in [0.2, 0.25) is 0 Å². The van der Waals surface area contributed by atoms with Crippen LogP contribution in [-0.2, 0) is 6.42 Å². The number of aromatic nitrogens is 1. The number of rotatable bonds is 6. The molecule has 0 aliphatic carbocycles. The second kappa shape index (κ2) is 7.01. The van der Waals surface area contributed by atoms with Crippen LogP contribution in [-0.4, -0.2) is 16.6 Å². The first-order valence-electron chi connectivity index (χ1n) is 6.82. The van der Waals surface area contributed by atoms with Crippen molar-refractivity contribution >= 4 is 0 Å². The zero-order valence-electron chi connectivity index (χ0n) is 11.5. The molecule has 0 fully saturated rings. The average molecular weight is 274 g/mol. The van der Waals surface area contributed by atoms with Crippen LogP contribution in [0.25, 0.3) is 0 Å². The van der Waals surface area contributed by atoms with E-state index in [2.05, 4.69) is 17.2 Å². The maximum atomic E-state index is 13.9. The van der Waals surface area contributed by atoms with Gasteiger partial charge >= 0.3 is 0 Å². The lowest BCUT2D eigenvalue weighted by molar-refractivity contribution is 0.468. The van der Waals surface area contributed by atoms with Crippen LogP contribution in [0.1, 0.15) is 30.6 Å². The second-order valence-electron chi connectivity index (χ2n) is 4.75. The van der Waals surface area contributed by atoms with Gasteiger partial charge in [-0.15, -0.1) is 0 Å². The Morgan fingerprint density at radius 2 is 2.15 bits per heavy atom. The highest BCUT2D eigenvalue weighted by Gasteiger charge is 2.17. The minimum Gasteiger partial charge on any atom is -0.508 e. The van der Waals surface area contributed by atoms with Gasteiger partial charge < -0.3 is 10.4 Å². The van der Waals surface area contributed by atoms with E-state index in [1.165, 1.54) is 6.07 Å². The van der Waals surface area contributed by atoms with Gasteiger partial charge in [0.05, 0.1) is 11.7 Å². The Bertz CT molecular complexity index is 560. The van der Waals surface area contributed by atoms with Crippen LogP contribution in [0, 0.1) is 5.82 Å². The largest absolute Gasteiger partial charge is 0.508 e. The lowest BCUT2D eigenvalue weighted by Gasteiger charge is -2.18. The molecule has 1 aromatic heterocycles. The van der Waals surface area contributed by atoms with Crippen molar-refractivity contribution in [3.8, 4) is 5.75 Å². The summed E-state index contributed by atoms with van der Waals surface area (Å²) in [6, 6.07) is 9.84. The van der Waals surface area contributed by atoms with Crippen molar-refractivity contribution in [2.24, 2.45) is 0 Å². The first-order chi connectivity index (χ1) is 9.70. The van der Waals surface area contributed by atoms with Crippen molar-refractivity contribution in [3.05, 3.63) is 59.7 Å². The molecule has 0 amide bonds. The number of pyridine rings is 1. The van der Waals surface area contributed by atoms with Gasteiger partial charge in [-0.3, -0.25) is 4.98 Å². The predicted molar refractivity (Wildman–Crippen MR) is 77.0 cm³/mol. The summed E-state index contributed by atoms with van der Waals surface area (Å²) in [6.45, 7) is 2.85. The van der Waals surface area contributed by atoms with E-state index in [4.69, 9.17) is 0 Å². The van der Waals surface area contributed by atoms with Crippen molar-refractivity contribution in [1.29, 1.82) is 0 Å². The number of phenols is 1. The highest BCUT2D eigenvalue weighted by Crippen LogP contribution is 2.21. The smallest absolute Gasteiger partial charge is 0.146 e. The molecule has 4 heteroatoms. The molecule has 0 spiro atoms. The molecular formula is C16H19FN2O. The number of halogens is 1. The Morgan fingerprint density at radius 1 is 1.30 bits per heavy atom. The molecule has 2 aromatic rings. The molecule has 1 aromatic carbocycles. The van der Waals surface area contributed by atoms with Crippen molar-refractivity contribution in [3.63, 3.8) is 0 Å². The Balaban J connectivity index is 2.22. The van der Waals surface area contributed by atoms with Crippen molar-refractivity contribution in [1.82, 2.24) is 10.3 Å². The maximum absolute atomic E-state index is 13.9. The number of phenolic OH excluding ortho intramolecular Hbond substituents is 1. The van der Waals surface area contributed by atoms with Gasteiger partial charge in [-0.05, 0) is 49.2 Å². The Labute approximate surface area is 118 Å². The van der Waals surface area contributed by atoms with Gasteiger partial charge in [-0.2, -0.15) is 0 Å². The third-order valence-corrected chi connectivity index (χ3v) is 3.11. The summed E-state index contributed by atoms with van der Waals surface area (Å²) in [6.07, 6.45) is 3.15. The monoisotopic (exact) mass is 274 g/mol. The molecule has 1 unspecified atom stereocenters. The topological polar surface area (TPSA) is 45.1 Å². The summed E-state index contributed by atoms with van der Waals surface area (Å²) >= 11 is 0. The number of hydrogen-bond acceptors (Lipinski definition) is 3. The van der Waals surface area contributed by atoms with Gasteiger partial charge in [0.1, 0.15) is 11.6 Å². The van der Waals surface area contributed by atoms with Crippen molar-refractivity contribution in [2.75, 3.05) is 6.54 Å². The van der Waals surface area contributed by atoms with Crippen LogP contribution < -0.4 is 5.32 Å². The average Bonchev–Trinajstić information content (AvgIpc) is 2.44. The summed E-state index contributed by atoms with van der Waals surface area (Å²) in [4.78, 5) is 4.15. The fourth-order valence-electron chi connectivity index (χ4n) is 2.16. The first-order valence-corrected chi connectivity index (χ1v) is 6.82. The molecule has 1 atom stereocenters. The van der Waals surface area contributed by atoms with Crippen LogP contribution in [0.2, 0.25) is 0 Å². The Kier molecular flexibility index (Phi) is 5.07. The van der Waals surface area contributed by atoms with Crippen LogP contribution in [0.15, 0.2) is 42.6 Å². The van der Waals surface area contributed by atoms with Gasteiger partial charge in [0.15, 0.2) is 0 Å². The van der Waals surface area contributed by atoms with Crippen LogP contribution in [0.4, 0.5) is 4.39 Å². The van der Waals surface area contributed by atoms with Crippen LogP contribution >= 0.6 is 0 Å². The molecule has 0 aliphatic heterocycles. The molecule has 0 radical (unpaired) electrons. The first kappa shape index (κ1) is 14.5. The zero-order valence-corrected chi connectivity index (χ0v) is 11.5. The summed E-state index contributed by atoms with van der Waals surface area (Å²) in [5.41, 5.74) is 1.37. The molecular weight excluding hydrogens is 255 g/mol. The fraction of sp³-hybridized carbons (Fsp3) is 0.312. The molecule has 20 heavy (non-hydrogen) atoms. The van der Waals surface area contributed by atoms with E-state index in [0.717, 1.165) is 18.5 Å². The van der Waals surface area contributed by atoms with Crippen LogP contribution in [0.3, 0.4) is 0 Å². The Hall–Kier alpha value is -1.94. The minimum atomic E-state index is -0.304. The fourth-order valence-corrected chi connectivity index (χ4v) is 2.16. The molecule has 106 valence electrons. The summed E-state index contributed by atoms with van der Waals surface area (Å²) < 4.78 is 13.9. The summed E-state index contributed by atoms with van der Waals surface area (Å²) in [5.74, 6) is -0.0838. The molecule has 0 saturated carbocycles. The Morgan fingerprint density at radius 3 is 2.85 bits per heavy atom. The van der Waals surface area contributed by atoms with E-state index in [1.807, 2.05) is 6.07 Å². The lowest BCUT2D eigenvalue weighted by atomic mass is 10.0.